The molecule has 0 N–H and O–H groups in total. The first kappa shape index (κ1) is 9.90. The third-order valence-corrected chi connectivity index (χ3v) is 1.54. The molecule has 4 heteroatoms. The van der Waals surface area contributed by atoms with E-state index in [0.29, 0.717) is 0 Å². The van der Waals surface area contributed by atoms with Gasteiger partial charge in [-0.2, -0.15) is 0 Å². The highest BCUT2D eigenvalue weighted by molar-refractivity contribution is 6.32. The van der Waals surface area contributed by atoms with Gasteiger partial charge in [0.2, 0.25) is 0 Å². The van der Waals surface area contributed by atoms with E-state index in [1.165, 1.54) is 4.57 Å². The summed E-state index contributed by atoms with van der Waals surface area (Å²) in [5, 5.41) is 0. The van der Waals surface area contributed by atoms with Crippen molar-refractivity contribution in [1.29, 1.82) is 0 Å². The lowest BCUT2D eigenvalue weighted by Crippen LogP contribution is -2.31. The van der Waals surface area contributed by atoms with Crippen molar-refractivity contribution in [3.8, 4) is 0 Å². The van der Waals surface area contributed by atoms with Gasteiger partial charge in [0.15, 0.2) is 7.85 Å². The quantitative estimate of drug-likeness (QED) is 0.544. The predicted octanol–water partition coefficient (Wildman–Crippen LogP) is 0.530. The fourth-order valence-electron chi connectivity index (χ4n) is 0.982. The first-order chi connectivity index (χ1) is 5.90. The second kappa shape index (κ2) is 3.28. The highest BCUT2D eigenvalue weighted by atomic mass is 16.6. The lowest BCUT2D eigenvalue weighted by Gasteiger charge is -2.20. The molecule has 0 aromatic carbocycles. The molecule has 1 aromatic heterocycles. The Morgan fingerprint density at radius 2 is 2.15 bits per heavy atom. The second-order valence-electron chi connectivity index (χ2n) is 4.00. The molecule has 0 radical (unpaired) electrons. The number of hydrogen-bond acceptors (Lipinski definition) is 2. The molecular formula is C9H14BNO2. The van der Waals surface area contributed by atoms with Gasteiger partial charge in [-0.25, -0.2) is 4.79 Å². The maximum absolute atomic E-state index is 11.5. The highest BCUT2D eigenvalue weighted by Crippen LogP contribution is 2.08. The van der Waals surface area contributed by atoms with E-state index in [1.807, 2.05) is 40.8 Å². The number of nitrogens with zero attached hydrogens (tertiary/aromatic N) is 1. The Hall–Kier alpha value is -1.19. The Labute approximate surface area is 79.1 Å². The number of ether oxygens (including phenoxy) is 1. The Morgan fingerprint density at radius 1 is 1.54 bits per heavy atom. The number of rotatable bonds is 0. The first-order valence-electron chi connectivity index (χ1n) is 4.27. The maximum Gasteiger partial charge on any atom is 0.417 e. The van der Waals surface area contributed by atoms with Crippen LogP contribution in [0, 0.1) is 0 Å². The van der Waals surface area contributed by atoms with Gasteiger partial charge < -0.3 is 4.74 Å². The van der Waals surface area contributed by atoms with Crippen LogP contribution in [0.5, 0.6) is 0 Å². The van der Waals surface area contributed by atoms with Gasteiger partial charge in [-0.05, 0) is 32.4 Å². The summed E-state index contributed by atoms with van der Waals surface area (Å²) < 4.78 is 6.68. The van der Waals surface area contributed by atoms with Gasteiger partial charge in [-0.15, -0.1) is 0 Å². The third-order valence-electron chi connectivity index (χ3n) is 1.54. The molecule has 70 valence electrons. The third kappa shape index (κ3) is 2.65. The summed E-state index contributed by atoms with van der Waals surface area (Å²) in [7, 11) is 1.86. The molecule has 0 aliphatic carbocycles. The average molecular weight is 179 g/mol. The van der Waals surface area contributed by atoms with Crippen molar-refractivity contribution in [2.75, 3.05) is 0 Å². The minimum absolute atomic E-state index is 0.324. The van der Waals surface area contributed by atoms with Crippen LogP contribution in [-0.2, 0) is 4.74 Å². The van der Waals surface area contributed by atoms with Gasteiger partial charge in [0.05, 0.1) is 0 Å². The molecule has 0 saturated carbocycles. The highest BCUT2D eigenvalue weighted by Gasteiger charge is 2.17. The average Bonchev–Trinajstić information content (AvgIpc) is 2.30. The Morgan fingerprint density at radius 3 is 2.54 bits per heavy atom. The molecule has 0 aliphatic rings. The van der Waals surface area contributed by atoms with Crippen molar-refractivity contribution >= 4 is 19.5 Å². The molecular weight excluding hydrogens is 165 g/mol. The minimum atomic E-state index is -0.437. The number of aromatic nitrogens is 1. The minimum Gasteiger partial charge on any atom is -0.443 e. The van der Waals surface area contributed by atoms with E-state index in [1.54, 1.807) is 6.20 Å². The van der Waals surface area contributed by atoms with Gasteiger partial charge in [0.1, 0.15) is 5.60 Å². The topological polar surface area (TPSA) is 31.2 Å². The standard InChI is InChI=1S/C9H14BNO2/c1-9(2,3)13-8(12)11-6-4-5-7(11)10/h4-6H,10H2,1-3H3. The van der Waals surface area contributed by atoms with Crippen LogP contribution in [0.1, 0.15) is 20.8 Å². The van der Waals surface area contributed by atoms with Crippen LogP contribution in [0.3, 0.4) is 0 Å². The Bertz CT molecular complexity index is 312. The summed E-state index contributed by atoms with van der Waals surface area (Å²) in [6.45, 7) is 5.55. The first-order valence-corrected chi connectivity index (χ1v) is 4.27. The van der Waals surface area contributed by atoms with Crippen molar-refractivity contribution in [2.24, 2.45) is 0 Å². The zero-order valence-corrected chi connectivity index (χ0v) is 8.50. The maximum atomic E-state index is 11.5. The number of carbonyl (C=O) groups excluding carboxylic acids is 1. The molecule has 0 aliphatic heterocycles. The monoisotopic (exact) mass is 179 g/mol. The van der Waals surface area contributed by atoms with Crippen molar-refractivity contribution in [1.82, 2.24) is 4.57 Å². The molecule has 13 heavy (non-hydrogen) atoms. The lowest BCUT2D eigenvalue weighted by atomic mass is 10.1. The Balaban J connectivity index is 2.76. The van der Waals surface area contributed by atoms with E-state index in [4.69, 9.17) is 4.74 Å². The zero-order chi connectivity index (χ0) is 10.1. The summed E-state index contributed by atoms with van der Waals surface area (Å²) in [6.07, 6.45) is 1.37. The van der Waals surface area contributed by atoms with Gasteiger partial charge in [-0.3, -0.25) is 4.57 Å². The fraction of sp³-hybridized carbons (Fsp3) is 0.444. The lowest BCUT2D eigenvalue weighted by molar-refractivity contribution is 0.0542. The van der Waals surface area contributed by atoms with Crippen molar-refractivity contribution in [3.05, 3.63) is 18.3 Å². The molecule has 0 amide bonds. The summed E-state index contributed by atoms with van der Waals surface area (Å²) >= 11 is 0. The van der Waals surface area contributed by atoms with Crippen molar-refractivity contribution in [3.63, 3.8) is 0 Å². The summed E-state index contributed by atoms with van der Waals surface area (Å²) in [4.78, 5) is 11.5. The largest absolute Gasteiger partial charge is 0.443 e. The Kier molecular flexibility index (Phi) is 2.50. The van der Waals surface area contributed by atoms with E-state index in [9.17, 15) is 4.79 Å². The molecule has 3 nitrogen and oxygen atoms in total. The van der Waals surface area contributed by atoms with Crippen LogP contribution < -0.4 is 5.59 Å². The molecule has 0 atom stereocenters. The fourth-order valence-corrected chi connectivity index (χ4v) is 0.982. The van der Waals surface area contributed by atoms with E-state index < -0.39 is 5.60 Å². The molecule has 0 unspecified atom stereocenters. The molecule has 0 spiro atoms. The summed E-state index contributed by atoms with van der Waals surface area (Å²) in [5.74, 6) is 0. The zero-order valence-electron chi connectivity index (χ0n) is 8.50. The molecule has 1 rings (SSSR count). The number of hydrogen-bond donors (Lipinski definition) is 0. The van der Waals surface area contributed by atoms with Crippen molar-refractivity contribution < 1.29 is 9.53 Å². The van der Waals surface area contributed by atoms with Crippen LogP contribution in [0.2, 0.25) is 0 Å². The molecule has 0 fully saturated rings. The SMILES string of the molecule is Bc1cccn1C(=O)OC(C)(C)C. The van der Waals surface area contributed by atoms with Crippen LogP contribution >= 0.6 is 0 Å². The number of carbonyl (C=O) groups is 1. The van der Waals surface area contributed by atoms with E-state index in [2.05, 4.69) is 0 Å². The van der Waals surface area contributed by atoms with Gasteiger partial charge in [-0.1, -0.05) is 6.07 Å². The molecule has 0 saturated heterocycles. The van der Waals surface area contributed by atoms with Crippen LogP contribution in [0.15, 0.2) is 18.3 Å². The van der Waals surface area contributed by atoms with Crippen LogP contribution in [0.25, 0.3) is 0 Å². The molecule has 1 heterocycles. The molecule has 1 aromatic rings. The summed E-state index contributed by atoms with van der Waals surface area (Å²) in [6, 6.07) is 3.68. The van der Waals surface area contributed by atoms with Crippen LogP contribution in [-0.4, -0.2) is 24.1 Å². The van der Waals surface area contributed by atoms with Gasteiger partial charge in [0.25, 0.3) is 0 Å². The van der Waals surface area contributed by atoms with Crippen LogP contribution in [0.4, 0.5) is 4.79 Å². The second-order valence-corrected chi connectivity index (χ2v) is 4.00. The normalized spacial score (nSPS) is 11.3. The van der Waals surface area contributed by atoms with E-state index in [0.717, 1.165) is 5.59 Å². The smallest absolute Gasteiger partial charge is 0.417 e. The van der Waals surface area contributed by atoms with Gasteiger partial charge in [0, 0.05) is 6.20 Å². The predicted molar refractivity (Wildman–Crippen MR) is 54.2 cm³/mol. The van der Waals surface area contributed by atoms with Crippen molar-refractivity contribution in [2.45, 2.75) is 26.4 Å². The van der Waals surface area contributed by atoms with E-state index in [-0.39, 0.29) is 6.09 Å². The summed E-state index contributed by atoms with van der Waals surface area (Å²) in [5.41, 5.74) is 0.447. The molecule has 0 bridgehead atoms. The van der Waals surface area contributed by atoms with E-state index >= 15 is 0 Å². The van der Waals surface area contributed by atoms with Gasteiger partial charge >= 0.3 is 6.09 Å².